The van der Waals surface area contributed by atoms with Gasteiger partial charge in [0.05, 0.1) is 38.5 Å². The number of nitrogens with one attached hydrogen (secondary N) is 1. The number of likely N-dealkylation sites (N-methyl/N-ethyl adjacent to an activating group) is 2. The molecule has 6 N–H and O–H groups in total. The quantitative estimate of drug-likeness (QED) is 0.177. The van der Waals surface area contributed by atoms with Gasteiger partial charge in [0.25, 0.3) is 17.0 Å². The van der Waals surface area contributed by atoms with Crippen LogP contribution in [0.3, 0.4) is 0 Å². The molecule has 17 nitrogen and oxygen atoms in total. The normalized spacial score (nSPS) is 17.3. The van der Waals surface area contributed by atoms with Crippen molar-refractivity contribution in [1.29, 1.82) is 0 Å². The molecule has 2 aliphatic rings. The van der Waals surface area contributed by atoms with Crippen molar-refractivity contribution in [2.45, 2.75) is 25.2 Å². The van der Waals surface area contributed by atoms with E-state index in [1.807, 2.05) is 23.9 Å². The van der Waals surface area contributed by atoms with Crippen LogP contribution in [0.2, 0.25) is 0 Å². The van der Waals surface area contributed by atoms with Gasteiger partial charge in [0.2, 0.25) is 11.5 Å². The number of morpholine rings is 2. The Bertz CT molecular complexity index is 2080. The number of hydrogen-bond acceptors (Lipinski definition) is 13. The van der Waals surface area contributed by atoms with E-state index in [4.69, 9.17) is 20.3 Å². The van der Waals surface area contributed by atoms with Crippen molar-refractivity contribution in [3.8, 4) is 11.5 Å². The molecule has 2 fully saturated rings. The number of benzene rings is 2. The van der Waals surface area contributed by atoms with Crippen molar-refractivity contribution in [3.05, 3.63) is 115 Å². The fourth-order valence-electron chi connectivity index (χ4n) is 5.52. The third-order valence-electron chi connectivity index (χ3n) is 8.92. The van der Waals surface area contributed by atoms with Crippen LogP contribution in [0.1, 0.15) is 55.8 Å². The molecule has 2 unspecified atom stereocenters. The molecule has 19 heteroatoms. The molecule has 0 spiro atoms. The lowest BCUT2D eigenvalue weighted by Crippen LogP contribution is -2.41. The highest BCUT2D eigenvalue weighted by Gasteiger charge is 2.30. The number of nitrogens with zero attached hydrogens (tertiary/aromatic N) is 6. The first-order valence-corrected chi connectivity index (χ1v) is 17.0. The number of carbonyl (C=O) groups excluding carboxylic acids is 1. The van der Waals surface area contributed by atoms with E-state index >= 15 is 0 Å². The predicted molar refractivity (Wildman–Crippen MR) is 193 cm³/mol. The number of aromatic hydroxyl groups is 2. The maximum absolute atomic E-state index is 13.0. The Hall–Kier alpha value is -5.60. The maximum Gasteiger partial charge on any atom is 0.358 e. The SMILES string of the molecule is CN1CCOCC1c1nc(C(=O)NCc2ccc(F)cc2)c(O)c(=O)n1C.CN1CCOCC1c1nc(C(=O)O)c(O)c(=O)n1C.NCc1ccc(F)cc1. The number of hydrogen-bond donors (Lipinski definition) is 5. The lowest BCUT2D eigenvalue weighted by atomic mass is 10.2. The average molecular weight is 771 g/mol. The van der Waals surface area contributed by atoms with Crippen molar-refractivity contribution >= 4 is 11.9 Å². The molecule has 6 rings (SSSR count). The molecule has 2 saturated heterocycles. The first-order valence-electron chi connectivity index (χ1n) is 17.0. The molecule has 0 aliphatic carbocycles. The van der Waals surface area contributed by atoms with E-state index in [2.05, 4.69) is 15.3 Å². The summed E-state index contributed by atoms with van der Waals surface area (Å²) in [5.74, 6) is -3.66. The molecule has 1 amide bonds. The number of aromatic nitrogens is 4. The minimum atomic E-state index is -1.43. The average Bonchev–Trinajstić information content (AvgIpc) is 3.17. The summed E-state index contributed by atoms with van der Waals surface area (Å²) in [7, 11) is 6.65. The smallest absolute Gasteiger partial charge is 0.358 e. The van der Waals surface area contributed by atoms with Gasteiger partial charge in [-0.2, -0.15) is 0 Å². The predicted octanol–water partition coefficient (Wildman–Crippen LogP) is 1.03. The Balaban J connectivity index is 0.000000207. The van der Waals surface area contributed by atoms with Gasteiger partial charge in [0, 0.05) is 40.3 Å². The molecule has 296 valence electrons. The van der Waals surface area contributed by atoms with Crippen molar-refractivity contribution in [2.75, 3.05) is 53.6 Å². The van der Waals surface area contributed by atoms with Crippen molar-refractivity contribution in [1.82, 2.24) is 34.2 Å². The van der Waals surface area contributed by atoms with E-state index < -0.39 is 40.2 Å². The highest BCUT2D eigenvalue weighted by Crippen LogP contribution is 2.23. The van der Waals surface area contributed by atoms with Gasteiger partial charge in [-0.3, -0.25) is 33.3 Å². The number of carbonyl (C=O) groups is 2. The Labute approximate surface area is 314 Å². The lowest BCUT2D eigenvalue weighted by molar-refractivity contribution is 0.0000943. The molecule has 0 bridgehead atoms. The molecule has 55 heavy (non-hydrogen) atoms. The van der Waals surface area contributed by atoms with Crippen LogP contribution in [0, 0.1) is 11.6 Å². The molecule has 2 aliphatic heterocycles. The molecular weight excluding hydrogens is 726 g/mol. The lowest BCUT2D eigenvalue weighted by Gasteiger charge is -2.32. The van der Waals surface area contributed by atoms with Gasteiger partial charge in [0.15, 0.2) is 11.4 Å². The number of amides is 1. The third-order valence-corrected chi connectivity index (χ3v) is 8.92. The topological polar surface area (TPSA) is 228 Å². The van der Waals surface area contributed by atoms with Gasteiger partial charge < -0.3 is 35.8 Å². The van der Waals surface area contributed by atoms with Gasteiger partial charge in [-0.05, 0) is 49.5 Å². The number of aromatic carboxylic acids is 1. The largest absolute Gasteiger partial charge is 0.501 e. The summed E-state index contributed by atoms with van der Waals surface area (Å²) < 4.78 is 38.3. The Morgan fingerprint density at radius 1 is 0.764 bits per heavy atom. The molecule has 2 atom stereocenters. The van der Waals surface area contributed by atoms with Crippen molar-refractivity contribution in [3.63, 3.8) is 0 Å². The zero-order valence-electron chi connectivity index (χ0n) is 30.7. The van der Waals surface area contributed by atoms with Crippen molar-refractivity contribution < 1.29 is 43.2 Å². The third kappa shape index (κ3) is 10.5. The zero-order chi connectivity index (χ0) is 40.4. The zero-order valence-corrected chi connectivity index (χ0v) is 30.7. The minimum absolute atomic E-state index is 0.108. The molecule has 0 radical (unpaired) electrons. The van der Waals surface area contributed by atoms with Crippen LogP contribution < -0.4 is 22.2 Å². The highest BCUT2D eigenvalue weighted by atomic mass is 19.1. The summed E-state index contributed by atoms with van der Waals surface area (Å²) >= 11 is 0. The molecule has 0 saturated carbocycles. The van der Waals surface area contributed by atoms with E-state index in [1.54, 1.807) is 12.1 Å². The van der Waals surface area contributed by atoms with Crippen LogP contribution in [0.5, 0.6) is 11.5 Å². The van der Waals surface area contributed by atoms with Gasteiger partial charge in [-0.25, -0.2) is 23.5 Å². The summed E-state index contributed by atoms with van der Waals surface area (Å²) in [6.07, 6.45) is 0. The second-order valence-corrected chi connectivity index (χ2v) is 12.7. The van der Waals surface area contributed by atoms with Crippen LogP contribution in [0.4, 0.5) is 8.78 Å². The summed E-state index contributed by atoms with van der Waals surface area (Å²) in [6.45, 7) is 3.70. The number of halogens is 2. The van der Waals surface area contributed by atoms with Gasteiger partial charge in [-0.15, -0.1) is 0 Å². The number of carboxylic acid groups (broad SMARTS) is 1. The van der Waals surface area contributed by atoms with Crippen LogP contribution in [0.15, 0.2) is 58.1 Å². The monoisotopic (exact) mass is 770 g/mol. The number of ether oxygens (including phenoxy) is 2. The number of carboxylic acids is 1. The van der Waals surface area contributed by atoms with Crippen LogP contribution in [-0.2, 0) is 36.7 Å². The summed E-state index contributed by atoms with van der Waals surface area (Å²) in [5, 5.41) is 31.2. The van der Waals surface area contributed by atoms with Crippen LogP contribution in [0.25, 0.3) is 0 Å². The Morgan fingerprint density at radius 2 is 1.18 bits per heavy atom. The number of nitrogens with two attached hydrogens (primary N) is 1. The fourth-order valence-corrected chi connectivity index (χ4v) is 5.52. The van der Waals surface area contributed by atoms with Gasteiger partial charge >= 0.3 is 5.97 Å². The first-order chi connectivity index (χ1) is 26.1. The maximum atomic E-state index is 13.0. The molecule has 2 aromatic heterocycles. The molecule has 4 heterocycles. The van der Waals surface area contributed by atoms with Gasteiger partial charge in [0.1, 0.15) is 23.3 Å². The summed E-state index contributed by atoms with van der Waals surface area (Å²) in [5.41, 5.74) is 4.46. The van der Waals surface area contributed by atoms with E-state index in [-0.39, 0.29) is 41.8 Å². The summed E-state index contributed by atoms with van der Waals surface area (Å²) in [4.78, 5) is 59.7. The Kier molecular flexibility index (Phi) is 14.7. The second kappa shape index (κ2) is 19.1. The second-order valence-electron chi connectivity index (χ2n) is 12.7. The molecular formula is C36H44F2N8O9. The van der Waals surface area contributed by atoms with Crippen LogP contribution >= 0.6 is 0 Å². The summed E-state index contributed by atoms with van der Waals surface area (Å²) in [6, 6.07) is 11.2. The molecule has 4 aromatic rings. The van der Waals surface area contributed by atoms with E-state index in [0.29, 0.717) is 57.4 Å². The van der Waals surface area contributed by atoms with E-state index in [0.717, 1.165) is 10.1 Å². The van der Waals surface area contributed by atoms with Crippen LogP contribution in [-0.4, -0.2) is 110 Å². The fraction of sp³-hybridized carbons (Fsp3) is 0.389. The standard InChI is InChI=1S/C18H21FN4O4.C11H15N3O5.C7H8FN/c1-22-7-8-27-10-13(22)16-21-14(15(24)18(26)23(16)2)17(25)20-9-11-3-5-12(19)6-4-11;1-13-3-4-19-5-6(13)9-12-7(11(17)18)8(15)10(16)14(9)2;8-7-3-1-6(5-9)2-4-7/h3-6,13,24H,7-10H2,1-2H3,(H,20,25);6,15H,3-5H2,1-2H3,(H,17,18);1-4H,5,9H2. The molecule has 2 aromatic carbocycles. The van der Waals surface area contributed by atoms with Gasteiger partial charge in [-0.1, -0.05) is 24.3 Å². The Morgan fingerprint density at radius 3 is 1.60 bits per heavy atom. The van der Waals surface area contributed by atoms with E-state index in [1.165, 1.54) is 55.1 Å². The highest BCUT2D eigenvalue weighted by molar-refractivity contribution is 5.94. The first kappa shape index (κ1) is 42.1. The van der Waals surface area contributed by atoms with E-state index in [9.17, 15) is 38.2 Å². The van der Waals surface area contributed by atoms with Crippen molar-refractivity contribution in [2.24, 2.45) is 19.8 Å². The number of rotatable bonds is 7. The minimum Gasteiger partial charge on any atom is -0.501 e.